The van der Waals surface area contributed by atoms with Gasteiger partial charge in [0.25, 0.3) is 16.8 Å². The van der Waals surface area contributed by atoms with Crippen LogP contribution in [-0.2, 0) is 11.4 Å². The molecule has 9 heteroatoms. The summed E-state index contributed by atoms with van der Waals surface area (Å²) in [5.74, 6) is 2.08. The predicted octanol–water partition coefficient (Wildman–Crippen LogP) is 3.85. The molecule has 30 heavy (non-hydrogen) atoms. The van der Waals surface area contributed by atoms with E-state index < -0.39 is 16.1 Å². The van der Waals surface area contributed by atoms with Crippen LogP contribution in [0.2, 0.25) is 0 Å². The van der Waals surface area contributed by atoms with Gasteiger partial charge in [-0.15, -0.1) is 6.42 Å². The molecular weight excluding hydrogens is 408 g/mol. The highest BCUT2D eigenvalue weighted by molar-refractivity contribution is 8.18. The summed E-state index contributed by atoms with van der Waals surface area (Å²) < 4.78 is 11.0. The van der Waals surface area contributed by atoms with E-state index in [0.717, 1.165) is 10.5 Å². The molecule has 2 aromatic carbocycles. The smallest absolute Gasteiger partial charge is 0.294 e. The zero-order chi connectivity index (χ0) is 21.7. The summed E-state index contributed by atoms with van der Waals surface area (Å²) >= 11 is 0.671. The fourth-order valence-corrected chi connectivity index (χ4v) is 3.54. The first kappa shape index (κ1) is 21.0. The van der Waals surface area contributed by atoms with Crippen molar-refractivity contribution in [3.8, 4) is 23.8 Å². The number of hydrogen-bond donors (Lipinski definition) is 0. The standard InChI is InChI=1S/C21H16N2O6S/c1-3-9-22-20(24)19(30-21(22)25)11-15-10-17(28-2)18(12-16(15)23(26)27)29-13-14-7-5-4-6-8-14/h1,4-8,10-12H,9,13H2,2H3. The molecule has 8 nitrogen and oxygen atoms in total. The number of methoxy groups -OCH3 is 1. The van der Waals surface area contributed by atoms with Gasteiger partial charge in [0.15, 0.2) is 11.5 Å². The van der Waals surface area contributed by atoms with E-state index in [-0.39, 0.29) is 40.8 Å². The van der Waals surface area contributed by atoms with Crippen molar-refractivity contribution in [3.63, 3.8) is 0 Å². The number of nitro benzene ring substituents is 1. The van der Waals surface area contributed by atoms with E-state index in [1.165, 1.54) is 25.3 Å². The average molecular weight is 424 g/mol. The van der Waals surface area contributed by atoms with Crippen molar-refractivity contribution in [2.24, 2.45) is 0 Å². The van der Waals surface area contributed by atoms with Crippen molar-refractivity contribution >= 4 is 34.7 Å². The molecule has 0 saturated carbocycles. The molecule has 0 aliphatic carbocycles. The molecule has 0 spiro atoms. The molecule has 0 radical (unpaired) electrons. The van der Waals surface area contributed by atoms with Gasteiger partial charge in [0.05, 0.1) is 35.1 Å². The number of ether oxygens (including phenoxy) is 2. The number of thioether (sulfide) groups is 1. The van der Waals surface area contributed by atoms with Crippen LogP contribution >= 0.6 is 11.8 Å². The van der Waals surface area contributed by atoms with E-state index in [1.54, 1.807) is 0 Å². The number of hydrogen-bond acceptors (Lipinski definition) is 7. The maximum Gasteiger partial charge on any atom is 0.294 e. The largest absolute Gasteiger partial charge is 0.493 e. The normalized spacial score (nSPS) is 14.7. The van der Waals surface area contributed by atoms with Gasteiger partial charge >= 0.3 is 0 Å². The van der Waals surface area contributed by atoms with Gasteiger partial charge in [-0.3, -0.25) is 24.6 Å². The van der Waals surface area contributed by atoms with Gasteiger partial charge in [0, 0.05) is 0 Å². The third kappa shape index (κ3) is 4.45. The number of nitrogens with zero attached hydrogens (tertiary/aromatic N) is 2. The number of amides is 2. The van der Waals surface area contributed by atoms with Crippen molar-refractivity contribution in [1.29, 1.82) is 0 Å². The number of imide groups is 1. The lowest BCUT2D eigenvalue weighted by Gasteiger charge is -2.12. The van der Waals surface area contributed by atoms with Crippen molar-refractivity contribution in [2.75, 3.05) is 13.7 Å². The minimum absolute atomic E-state index is 0.0401. The zero-order valence-corrected chi connectivity index (χ0v) is 16.7. The molecule has 0 bridgehead atoms. The third-order valence-electron chi connectivity index (χ3n) is 4.16. The number of carbonyl (C=O) groups excluding carboxylic acids is 2. The highest BCUT2D eigenvalue weighted by atomic mass is 32.2. The van der Waals surface area contributed by atoms with E-state index in [1.807, 2.05) is 30.3 Å². The topological polar surface area (TPSA) is 99.0 Å². The van der Waals surface area contributed by atoms with E-state index in [2.05, 4.69) is 5.92 Å². The first-order valence-corrected chi connectivity index (χ1v) is 9.48. The van der Waals surface area contributed by atoms with E-state index in [9.17, 15) is 19.7 Å². The van der Waals surface area contributed by atoms with Crippen molar-refractivity contribution < 1.29 is 24.0 Å². The molecule has 1 aliphatic heterocycles. The monoisotopic (exact) mass is 424 g/mol. The van der Waals surface area contributed by atoms with Crippen molar-refractivity contribution in [3.05, 3.63) is 68.6 Å². The molecule has 2 aromatic rings. The Bertz CT molecular complexity index is 1070. The first-order valence-electron chi connectivity index (χ1n) is 8.66. The zero-order valence-electron chi connectivity index (χ0n) is 15.9. The fourth-order valence-electron chi connectivity index (χ4n) is 2.72. The third-order valence-corrected chi connectivity index (χ3v) is 5.06. The van der Waals surface area contributed by atoms with Gasteiger partial charge in [-0.25, -0.2) is 0 Å². The minimum Gasteiger partial charge on any atom is -0.493 e. The Hall–Kier alpha value is -3.77. The quantitative estimate of drug-likeness (QED) is 0.288. The summed E-state index contributed by atoms with van der Waals surface area (Å²) in [5, 5.41) is 11.1. The summed E-state index contributed by atoms with van der Waals surface area (Å²) in [4.78, 5) is 36.3. The van der Waals surface area contributed by atoms with Gasteiger partial charge in [0.2, 0.25) is 0 Å². The number of terminal acetylenes is 1. The van der Waals surface area contributed by atoms with Crippen LogP contribution in [0.15, 0.2) is 47.4 Å². The van der Waals surface area contributed by atoms with E-state index in [4.69, 9.17) is 15.9 Å². The summed E-state index contributed by atoms with van der Waals surface area (Å²) in [6.07, 6.45) is 6.46. The summed E-state index contributed by atoms with van der Waals surface area (Å²) in [6.45, 7) is 0.0262. The maximum atomic E-state index is 12.4. The Labute approximate surface area is 176 Å². The number of carbonyl (C=O) groups is 2. The van der Waals surface area contributed by atoms with Crippen LogP contribution in [0, 0.1) is 22.5 Å². The molecule has 0 unspecified atom stereocenters. The maximum absolute atomic E-state index is 12.4. The SMILES string of the molecule is C#CCN1C(=O)SC(=Cc2cc(OC)c(OCc3ccccc3)cc2[N+](=O)[O-])C1=O. The number of nitro groups is 1. The van der Waals surface area contributed by atoms with Gasteiger partial charge in [-0.05, 0) is 29.5 Å². The minimum atomic E-state index is -0.597. The lowest BCUT2D eigenvalue weighted by atomic mass is 10.1. The second-order valence-corrected chi connectivity index (χ2v) is 7.06. The van der Waals surface area contributed by atoms with Crippen LogP contribution in [0.5, 0.6) is 11.5 Å². The Kier molecular flexibility index (Phi) is 6.39. The molecule has 152 valence electrons. The lowest BCUT2D eigenvalue weighted by molar-refractivity contribution is -0.385. The highest BCUT2D eigenvalue weighted by Gasteiger charge is 2.35. The molecule has 3 rings (SSSR count). The van der Waals surface area contributed by atoms with Crippen molar-refractivity contribution in [1.82, 2.24) is 4.90 Å². The average Bonchev–Trinajstić information content (AvgIpc) is 3.00. The molecule has 2 amide bonds. The first-order chi connectivity index (χ1) is 14.4. The molecule has 1 aliphatic rings. The summed E-state index contributed by atoms with van der Waals surface area (Å²) in [5.41, 5.74) is 0.700. The van der Waals surface area contributed by atoms with Gasteiger partial charge < -0.3 is 9.47 Å². The van der Waals surface area contributed by atoms with Gasteiger partial charge in [-0.1, -0.05) is 36.3 Å². The molecule has 0 atom stereocenters. The summed E-state index contributed by atoms with van der Waals surface area (Å²) in [6, 6.07) is 11.9. The highest BCUT2D eigenvalue weighted by Crippen LogP contribution is 2.39. The number of benzene rings is 2. The summed E-state index contributed by atoms with van der Waals surface area (Å²) in [7, 11) is 1.40. The molecule has 0 aromatic heterocycles. The second kappa shape index (κ2) is 9.15. The molecule has 0 N–H and O–H groups in total. The van der Waals surface area contributed by atoms with Crippen LogP contribution in [0.4, 0.5) is 10.5 Å². The number of rotatable bonds is 7. The lowest BCUT2D eigenvalue weighted by Crippen LogP contribution is -2.28. The van der Waals surface area contributed by atoms with Gasteiger partial charge in [-0.2, -0.15) is 0 Å². The van der Waals surface area contributed by atoms with E-state index in [0.29, 0.717) is 11.8 Å². The van der Waals surface area contributed by atoms with Crippen LogP contribution in [-0.4, -0.2) is 34.6 Å². The Balaban J connectivity index is 1.95. The fraction of sp³-hybridized carbons (Fsp3) is 0.143. The molecule has 1 fully saturated rings. The Morgan fingerprint density at radius 3 is 2.60 bits per heavy atom. The van der Waals surface area contributed by atoms with E-state index >= 15 is 0 Å². The predicted molar refractivity (Wildman–Crippen MR) is 112 cm³/mol. The van der Waals surface area contributed by atoms with Crippen LogP contribution in [0.3, 0.4) is 0 Å². The van der Waals surface area contributed by atoms with Crippen LogP contribution in [0.25, 0.3) is 6.08 Å². The molecular formula is C21H16N2O6S. The molecule has 1 saturated heterocycles. The van der Waals surface area contributed by atoms with Crippen LogP contribution < -0.4 is 9.47 Å². The second-order valence-electron chi connectivity index (χ2n) is 6.07. The Morgan fingerprint density at radius 2 is 1.97 bits per heavy atom. The Morgan fingerprint density at radius 1 is 1.23 bits per heavy atom. The van der Waals surface area contributed by atoms with Crippen LogP contribution in [0.1, 0.15) is 11.1 Å². The van der Waals surface area contributed by atoms with Gasteiger partial charge in [0.1, 0.15) is 6.61 Å². The van der Waals surface area contributed by atoms with Crippen molar-refractivity contribution in [2.45, 2.75) is 6.61 Å². The molecule has 1 heterocycles.